The van der Waals surface area contributed by atoms with Gasteiger partial charge in [-0.1, -0.05) is 41.4 Å². The number of hydrogen-bond donors (Lipinski definition) is 3. The van der Waals surface area contributed by atoms with Crippen molar-refractivity contribution in [3.8, 4) is 5.75 Å². The molecule has 1 unspecified atom stereocenters. The Morgan fingerprint density at radius 3 is 2.50 bits per heavy atom. The van der Waals surface area contributed by atoms with E-state index in [-0.39, 0.29) is 17.2 Å². The number of benzene rings is 2. The van der Waals surface area contributed by atoms with Crippen molar-refractivity contribution in [3.05, 3.63) is 64.1 Å². The summed E-state index contributed by atoms with van der Waals surface area (Å²) in [5, 5.41) is 3.14. The molecule has 0 aliphatic heterocycles. The summed E-state index contributed by atoms with van der Waals surface area (Å²) in [6.45, 7) is -0.239. The van der Waals surface area contributed by atoms with Gasteiger partial charge in [-0.2, -0.15) is 11.8 Å². The van der Waals surface area contributed by atoms with Gasteiger partial charge < -0.3 is 10.1 Å². The Hall–Kier alpha value is -2.42. The third kappa shape index (κ3) is 7.78. The summed E-state index contributed by atoms with van der Waals surface area (Å²) in [5.41, 5.74) is 4.71. The summed E-state index contributed by atoms with van der Waals surface area (Å²) in [7, 11) is 0. The largest absolute Gasteiger partial charge is 0.484 e. The van der Waals surface area contributed by atoms with Crippen molar-refractivity contribution in [1.29, 1.82) is 0 Å². The third-order valence-corrected chi connectivity index (χ3v) is 5.06. The molecule has 2 aromatic rings. The quantitative estimate of drug-likeness (QED) is 0.490. The van der Waals surface area contributed by atoms with Gasteiger partial charge in [0.2, 0.25) is 0 Å². The zero-order valence-corrected chi connectivity index (χ0v) is 18.4. The maximum atomic E-state index is 12.5. The highest BCUT2D eigenvalue weighted by Crippen LogP contribution is 2.20. The fraction of sp³-hybridized carbons (Fsp3) is 0.250. The number of carbonyl (C=O) groups is 3. The lowest BCUT2D eigenvalue weighted by Gasteiger charge is -2.18. The number of halogens is 2. The molecule has 0 saturated carbocycles. The third-order valence-electron chi connectivity index (χ3n) is 3.85. The van der Waals surface area contributed by atoms with E-state index in [0.29, 0.717) is 22.9 Å². The monoisotopic (exact) mass is 469 g/mol. The lowest BCUT2D eigenvalue weighted by molar-refractivity contribution is -0.130. The molecule has 0 spiro atoms. The van der Waals surface area contributed by atoms with Gasteiger partial charge in [0, 0.05) is 5.02 Å². The molecular formula is C20H21Cl2N3O4S. The Bertz CT molecular complexity index is 884. The fourth-order valence-corrected chi connectivity index (χ4v) is 3.20. The van der Waals surface area contributed by atoms with Crippen molar-refractivity contribution >= 4 is 52.7 Å². The summed E-state index contributed by atoms with van der Waals surface area (Å²) >= 11 is 13.4. The van der Waals surface area contributed by atoms with Gasteiger partial charge in [0.05, 0.1) is 10.6 Å². The number of nitrogens with one attached hydrogen (secondary N) is 3. The summed E-state index contributed by atoms with van der Waals surface area (Å²) in [5.74, 6) is -0.471. The molecule has 10 heteroatoms. The minimum absolute atomic E-state index is 0.116. The standard InChI is InChI=1S/C20H21Cl2N3O4S/c1-30-10-9-17(23-18(26)12-29-14-5-3-2-4-6-14)20(28)25-24-19(27)15-11-13(21)7-8-16(15)22/h2-8,11,17H,9-10,12H2,1H3,(H,23,26)(H,24,27)(H,25,28). The Balaban J connectivity index is 1.91. The maximum absolute atomic E-state index is 12.5. The highest BCUT2D eigenvalue weighted by atomic mass is 35.5. The zero-order valence-electron chi connectivity index (χ0n) is 16.1. The van der Waals surface area contributed by atoms with Gasteiger partial charge in [-0.25, -0.2) is 0 Å². The van der Waals surface area contributed by atoms with Crippen LogP contribution < -0.4 is 20.9 Å². The van der Waals surface area contributed by atoms with Crippen LogP contribution in [0.2, 0.25) is 10.0 Å². The van der Waals surface area contributed by atoms with Crippen molar-refractivity contribution in [3.63, 3.8) is 0 Å². The number of hydrogen-bond acceptors (Lipinski definition) is 5. The predicted octanol–water partition coefficient (Wildman–Crippen LogP) is 3.07. The average Bonchev–Trinajstić information content (AvgIpc) is 2.75. The number of carbonyl (C=O) groups excluding carboxylic acids is 3. The second-order valence-corrected chi connectivity index (χ2v) is 7.90. The van der Waals surface area contributed by atoms with Crippen molar-refractivity contribution in [2.45, 2.75) is 12.5 Å². The van der Waals surface area contributed by atoms with E-state index in [1.807, 2.05) is 12.3 Å². The van der Waals surface area contributed by atoms with Gasteiger partial charge in [0.25, 0.3) is 17.7 Å². The molecule has 1 atom stereocenters. The molecule has 160 valence electrons. The molecule has 2 rings (SSSR count). The van der Waals surface area contributed by atoms with Crippen LogP contribution in [0.4, 0.5) is 0 Å². The first-order chi connectivity index (χ1) is 14.4. The molecular weight excluding hydrogens is 449 g/mol. The van der Waals surface area contributed by atoms with Gasteiger partial charge in [-0.15, -0.1) is 0 Å². The van der Waals surface area contributed by atoms with Gasteiger partial charge in [-0.3, -0.25) is 25.2 Å². The smallest absolute Gasteiger partial charge is 0.271 e. The molecule has 0 saturated heterocycles. The van der Waals surface area contributed by atoms with Crippen LogP contribution in [0.5, 0.6) is 5.75 Å². The zero-order chi connectivity index (χ0) is 21.9. The molecule has 0 bridgehead atoms. The van der Waals surface area contributed by atoms with Crippen LogP contribution in [0, 0.1) is 0 Å². The van der Waals surface area contributed by atoms with Crippen LogP contribution in [-0.4, -0.2) is 42.4 Å². The Kier molecular flexibility index (Phi) is 9.79. The van der Waals surface area contributed by atoms with Crippen LogP contribution in [0.15, 0.2) is 48.5 Å². The number of thioether (sulfide) groups is 1. The van der Waals surface area contributed by atoms with E-state index < -0.39 is 23.8 Å². The lowest BCUT2D eigenvalue weighted by atomic mass is 10.2. The van der Waals surface area contributed by atoms with Crippen molar-refractivity contribution < 1.29 is 19.1 Å². The number of para-hydroxylation sites is 1. The second kappa shape index (κ2) is 12.3. The molecule has 0 aromatic heterocycles. The topological polar surface area (TPSA) is 96.5 Å². The summed E-state index contributed by atoms with van der Waals surface area (Å²) in [6, 6.07) is 12.4. The lowest BCUT2D eigenvalue weighted by Crippen LogP contribution is -2.53. The van der Waals surface area contributed by atoms with Crippen molar-refractivity contribution in [1.82, 2.24) is 16.2 Å². The van der Waals surface area contributed by atoms with Crippen LogP contribution in [0.1, 0.15) is 16.8 Å². The van der Waals surface area contributed by atoms with Crippen LogP contribution >= 0.6 is 35.0 Å². The minimum Gasteiger partial charge on any atom is -0.484 e. The molecule has 0 aliphatic carbocycles. The Morgan fingerprint density at radius 1 is 1.07 bits per heavy atom. The maximum Gasteiger partial charge on any atom is 0.271 e. The highest BCUT2D eigenvalue weighted by Gasteiger charge is 2.22. The van der Waals surface area contributed by atoms with Crippen LogP contribution in [0.3, 0.4) is 0 Å². The van der Waals surface area contributed by atoms with E-state index in [9.17, 15) is 14.4 Å². The van der Waals surface area contributed by atoms with Crippen molar-refractivity contribution in [2.24, 2.45) is 0 Å². The Labute approximate surface area is 188 Å². The molecule has 2 aromatic carbocycles. The van der Waals surface area contributed by atoms with E-state index >= 15 is 0 Å². The number of rotatable bonds is 9. The molecule has 0 aliphatic rings. The van der Waals surface area contributed by atoms with Gasteiger partial charge in [0.1, 0.15) is 11.8 Å². The minimum atomic E-state index is -0.848. The van der Waals surface area contributed by atoms with Gasteiger partial charge >= 0.3 is 0 Å². The van der Waals surface area contributed by atoms with Crippen LogP contribution in [0.25, 0.3) is 0 Å². The summed E-state index contributed by atoms with van der Waals surface area (Å²) < 4.78 is 5.39. The van der Waals surface area contributed by atoms with E-state index in [1.165, 1.54) is 23.9 Å². The first-order valence-corrected chi connectivity index (χ1v) is 11.1. The number of ether oxygens (including phenoxy) is 1. The van der Waals surface area contributed by atoms with Crippen LogP contribution in [-0.2, 0) is 9.59 Å². The first kappa shape index (κ1) is 23.9. The molecule has 3 N–H and O–H groups in total. The molecule has 0 fully saturated rings. The molecule has 30 heavy (non-hydrogen) atoms. The van der Waals surface area contributed by atoms with E-state index in [2.05, 4.69) is 16.2 Å². The van der Waals surface area contributed by atoms with Gasteiger partial charge in [-0.05, 0) is 48.8 Å². The average molecular weight is 470 g/mol. The van der Waals surface area contributed by atoms with E-state index in [4.69, 9.17) is 27.9 Å². The van der Waals surface area contributed by atoms with E-state index in [1.54, 1.807) is 30.3 Å². The molecule has 3 amide bonds. The van der Waals surface area contributed by atoms with E-state index in [0.717, 1.165) is 0 Å². The van der Waals surface area contributed by atoms with Gasteiger partial charge in [0.15, 0.2) is 6.61 Å². The predicted molar refractivity (Wildman–Crippen MR) is 119 cm³/mol. The highest BCUT2D eigenvalue weighted by molar-refractivity contribution is 7.98. The SMILES string of the molecule is CSCCC(NC(=O)COc1ccccc1)C(=O)NNC(=O)c1cc(Cl)ccc1Cl. The number of hydrazine groups is 1. The summed E-state index contributed by atoms with van der Waals surface area (Å²) in [4.78, 5) is 37.0. The molecule has 0 heterocycles. The molecule has 0 radical (unpaired) electrons. The fourth-order valence-electron chi connectivity index (χ4n) is 2.35. The Morgan fingerprint density at radius 2 is 1.80 bits per heavy atom. The van der Waals surface area contributed by atoms with Crippen molar-refractivity contribution in [2.75, 3.05) is 18.6 Å². The normalized spacial score (nSPS) is 11.3. The summed E-state index contributed by atoms with van der Waals surface area (Å²) in [6.07, 6.45) is 2.26. The second-order valence-electron chi connectivity index (χ2n) is 6.07. The number of amides is 3. The first-order valence-electron chi connectivity index (χ1n) is 8.92. The molecule has 7 nitrogen and oxygen atoms in total.